The molecule has 1 N–H and O–H groups in total. The van der Waals surface area contributed by atoms with Gasteiger partial charge < -0.3 is 5.32 Å². The van der Waals surface area contributed by atoms with E-state index in [2.05, 4.69) is 15.4 Å². The van der Waals surface area contributed by atoms with Crippen molar-refractivity contribution in [3.8, 4) is 0 Å². The van der Waals surface area contributed by atoms with Gasteiger partial charge in [0.1, 0.15) is 0 Å². The highest BCUT2D eigenvalue weighted by molar-refractivity contribution is 5.42. The Labute approximate surface area is 88.3 Å². The molecule has 1 fully saturated rings. The summed E-state index contributed by atoms with van der Waals surface area (Å²) in [4.78, 5) is 4.37. The van der Waals surface area contributed by atoms with E-state index in [4.69, 9.17) is 0 Å². The summed E-state index contributed by atoms with van der Waals surface area (Å²) in [6.07, 6.45) is 5.96. The van der Waals surface area contributed by atoms with Crippen LogP contribution in [0.1, 0.15) is 19.3 Å². The van der Waals surface area contributed by atoms with Gasteiger partial charge in [-0.2, -0.15) is 4.98 Å². The second-order valence-electron chi connectivity index (χ2n) is 4.10. The number of aromatic nitrogens is 3. The largest absolute Gasteiger partial charge is 0.353 e. The van der Waals surface area contributed by atoms with Crippen molar-refractivity contribution in [3.05, 3.63) is 24.4 Å². The van der Waals surface area contributed by atoms with Gasteiger partial charge in [-0.1, -0.05) is 18.9 Å². The summed E-state index contributed by atoms with van der Waals surface area (Å²) in [7, 11) is 0. The Hall–Kier alpha value is -1.58. The molecule has 0 atom stereocenters. The van der Waals surface area contributed by atoms with E-state index in [9.17, 15) is 0 Å². The highest BCUT2D eigenvalue weighted by Gasteiger charge is 2.20. The summed E-state index contributed by atoms with van der Waals surface area (Å²) in [6.45, 7) is 0.988. The molecule has 2 heterocycles. The molecule has 0 unspecified atom stereocenters. The summed E-state index contributed by atoms with van der Waals surface area (Å²) in [6, 6.07) is 5.88. The van der Waals surface area contributed by atoms with Crippen LogP contribution in [0.25, 0.3) is 5.65 Å². The molecule has 0 bridgehead atoms. The van der Waals surface area contributed by atoms with Crippen LogP contribution in [0.5, 0.6) is 0 Å². The minimum Gasteiger partial charge on any atom is -0.353 e. The van der Waals surface area contributed by atoms with E-state index in [-0.39, 0.29) is 0 Å². The maximum Gasteiger partial charge on any atom is 0.243 e. The first kappa shape index (κ1) is 8.71. The van der Waals surface area contributed by atoms with E-state index in [1.54, 1.807) is 4.52 Å². The van der Waals surface area contributed by atoms with Crippen LogP contribution in [0.4, 0.5) is 5.95 Å². The van der Waals surface area contributed by atoms with E-state index in [1.165, 1.54) is 19.3 Å². The molecule has 4 nitrogen and oxygen atoms in total. The first-order chi connectivity index (χ1) is 7.42. The highest BCUT2D eigenvalue weighted by Crippen LogP contribution is 2.31. The lowest BCUT2D eigenvalue weighted by Gasteiger charge is -1.98. The van der Waals surface area contributed by atoms with Gasteiger partial charge in [0.05, 0.1) is 0 Å². The van der Waals surface area contributed by atoms with Crippen molar-refractivity contribution in [2.45, 2.75) is 19.3 Å². The summed E-state index contributed by atoms with van der Waals surface area (Å²) in [5.74, 6) is 1.69. The Bertz CT molecular complexity index is 425. The molecule has 0 radical (unpaired) electrons. The van der Waals surface area contributed by atoms with Crippen molar-refractivity contribution < 1.29 is 0 Å². The molecule has 78 valence electrons. The van der Waals surface area contributed by atoms with Gasteiger partial charge in [0.2, 0.25) is 5.95 Å². The maximum atomic E-state index is 4.37. The van der Waals surface area contributed by atoms with Crippen molar-refractivity contribution in [2.75, 3.05) is 11.9 Å². The molecule has 0 saturated heterocycles. The second kappa shape index (κ2) is 3.53. The number of fused-ring (bicyclic) bond motifs is 1. The Morgan fingerprint density at radius 2 is 2.33 bits per heavy atom. The van der Waals surface area contributed by atoms with Crippen molar-refractivity contribution in [2.24, 2.45) is 5.92 Å². The molecule has 0 spiro atoms. The van der Waals surface area contributed by atoms with Crippen LogP contribution in [0.2, 0.25) is 0 Å². The molecule has 1 aliphatic rings. The number of hydrogen-bond acceptors (Lipinski definition) is 3. The van der Waals surface area contributed by atoms with Crippen LogP contribution in [-0.4, -0.2) is 21.1 Å². The van der Waals surface area contributed by atoms with Crippen LogP contribution in [-0.2, 0) is 0 Å². The van der Waals surface area contributed by atoms with Gasteiger partial charge in [-0.05, 0) is 24.5 Å². The predicted octanol–water partition coefficient (Wildman–Crippen LogP) is 1.94. The average molecular weight is 202 g/mol. The minimum atomic E-state index is 0.738. The number of anilines is 1. The lowest BCUT2D eigenvalue weighted by molar-refractivity contribution is 0.755. The van der Waals surface area contributed by atoms with Gasteiger partial charge in [0.15, 0.2) is 5.65 Å². The topological polar surface area (TPSA) is 42.2 Å². The third kappa shape index (κ3) is 1.93. The van der Waals surface area contributed by atoms with Crippen molar-refractivity contribution in [1.29, 1.82) is 0 Å². The fourth-order valence-corrected chi connectivity index (χ4v) is 1.70. The summed E-state index contributed by atoms with van der Waals surface area (Å²) >= 11 is 0. The molecule has 4 heteroatoms. The first-order valence-electron chi connectivity index (χ1n) is 5.47. The van der Waals surface area contributed by atoms with Crippen LogP contribution in [0, 0.1) is 5.92 Å². The minimum absolute atomic E-state index is 0.738. The molecule has 3 rings (SSSR count). The molecular weight excluding hydrogens is 188 g/mol. The Kier molecular flexibility index (Phi) is 2.05. The number of rotatable bonds is 4. The normalized spacial score (nSPS) is 15.7. The molecule has 0 amide bonds. The maximum absolute atomic E-state index is 4.37. The van der Waals surface area contributed by atoms with Crippen LogP contribution < -0.4 is 5.32 Å². The molecule has 1 saturated carbocycles. The first-order valence-corrected chi connectivity index (χ1v) is 5.47. The molecule has 0 aromatic carbocycles. The molecule has 1 aliphatic carbocycles. The molecule has 2 aromatic heterocycles. The monoisotopic (exact) mass is 202 g/mol. The lowest BCUT2D eigenvalue weighted by atomic mass is 10.3. The summed E-state index contributed by atoms with van der Waals surface area (Å²) in [5.41, 5.74) is 0.895. The van der Waals surface area contributed by atoms with E-state index >= 15 is 0 Å². The SMILES string of the molecule is c1ccn2nc(NCCC3CC3)nc2c1. The fourth-order valence-electron chi connectivity index (χ4n) is 1.70. The van der Waals surface area contributed by atoms with Gasteiger partial charge in [0.25, 0.3) is 0 Å². The zero-order valence-electron chi connectivity index (χ0n) is 8.56. The van der Waals surface area contributed by atoms with Gasteiger partial charge in [-0.15, -0.1) is 5.10 Å². The molecule has 2 aromatic rings. The summed E-state index contributed by atoms with van der Waals surface area (Å²) < 4.78 is 1.79. The van der Waals surface area contributed by atoms with Crippen molar-refractivity contribution >= 4 is 11.6 Å². The van der Waals surface area contributed by atoms with E-state index in [0.29, 0.717) is 0 Å². The number of nitrogens with zero attached hydrogens (tertiary/aromatic N) is 3. The van der Waals surface area contributed by atoms with Crippen LogP contribution in [0.3, 0.4) is 0 Å². The Morgan fingerprint density at radius 3 is 3.13 bits per heavy atom. The van der Waals surface area contributed by atoms with Crippen LogP contribution in [0.15, 0.2) is 24.4 Å². The van der Waals surface area contributed by atoms with Crippen molar-refractivity contribution in [3.63, 3.8) is 0 Å². The fraction of sp³-hybridized carbons (Fsp3) is 0.455. The zero-order chi connectivity index (χ0) is 10.1. The molecule has 15 heavy (non-hydrogen) atoms. The average Bonchev–Trinajstić information content (AvgIpc) is 2.97. The number of hydrogen-bond donors (Lipinski definition) is 1. The van der Waals surface area contributed by atoms with E-state index < -0.39 is 0 Å². The third-order valence-corrected chi connectivity index (χ3v) is 2.77. The molecular formula is C11H14N4. The summed E-state index contributed by atoms with van der Waals surface area (Å²) in [5, 5.41) is 7.59. The van der Waals surface area contributed by atoms with Gasteiger partial charge >= 0.3 is 0 Å². The zero-order valence-corrected chi connectivity index (χ0v) is 8.56. The standard InChI is InChI=1S/C11H14N4/c1-2-8-15-10(3-1)13-11(14-15)12-7-6-9-4-5-9/h1-3,8-9H,4-7H2,(H,12,14). The third-order valence-electron chi connectivity index (χ3n) is 2.77. The van der Waals surface area contributed by atoms with Gasteiger partial charge in [-0.3, -0.25) is 0 Å². The second-order valence-corrected chi connectivity index (χ2v) is 4.10. The van der Waals surface area contributed by atoms with Crippen molar-refractivity contribution in [1.82, 2.24) is 14.6 Å². The number of pyridine rings is 1. The van der Waals surface area contributed by atoms with E-state index in [0.717, 1.165) is 24.1 Å². The quantitative estimate of drug-likeness (QED) is 0.823. The van der Waals surface area contributed by atoms with Gasteiger partial charge in [0, 0.05) is 12.7 Å². The van der Waals surface area contributed by atoms with E-state index in [1.807, 2.05) is 24.4 Å². The van der Waals surface area contributed by atoms with Gasteiger partial charge in [-0.25, -0.2) is 4.52 Å². The highest BCUT2D eigenvalue weighted by atomic mass is 15.3. The predicted molar refractivity (Wildman–Crippen MR) is 58.8 cm³/mol. The Morgan fingerprint density at radius 1 is 1.40 bits per heavy atom. The lowest BCUT2D eigenvalue weighted by Crippen LogP contribution is -2.03. The molecule has 0 aliphatic heterocycles. The Balaban J connectivity index is 1.68. The van der Waals surface area contributed by atoms with Crippen LogP contribution >= 0.6 is 0 Å². The smallest absolute Gasteiger partial charge is 0.243 e. The number of nitrogens with one attached hydrogen (secondary N) is 1.